The predicted octanol–water partition coefficient (Wildman–Crippen LogP) is 3.86. The van der Waals surface area contributed by atoms with E-state index in [-0.39, 0.29) is 66.0 Å². The number of hydrogen-bond acceptors (Lipinski definition) is 8. The van der Waals surface area contributed by atoms with Crippen LogP contribution in [-0.2, 0) is 37.5 Å². The first kappa shape index (κ1) is 34.8. The quantitative estimate of drug-likeness (QED) is 0.146. The summed E-state index contributed by atoms with van der Waals surface area (Å²) in [5.74, 6) is -3.16. The lowest BCUT2D eigenvalue weighted by atomic mass is 9.92. The molecule has 3 aromatic carbocycles. The van der Waals surface area contributed by atoms with Gasteiger partial charge < -0.3 is 25.5 Å². The van der Waals surface area contributed by atoms with Crippen LogP contribution in [0.25, 0.3) is 0 Å². The van der Waals surface area contributed by atoms with Gasteiger partial charge in [0.1, 0.15) is 17.8 Å². The maximum atomic E-state index is 14.6. The molecule has 3 amide bonds. The van der Waals surface area contributed by atoms with Crippen LogP contribution in [0.5, 0.6) is 5.75 Å². The number of nitrogens with two attached hydrogens (primary N) is 1. The van der Waals surface area contributed by atoms with Crippen molar-refractivity contribution in [2.45, 2.75) is 44.3 Å². The minimum atomic E-state index is -3.83. The van der Waals surface area contributed by atoms with Crippen molar-refractivity contribution in [3.63, 3.8) is 0 Å². The van der Waals surface area contributed by atoms with Gasteiger partial charge in [-0.2, -0.15) is 8.42 Å². The Morgan fingerprint density at radius 2 is 1.76 bits per heavy atom. The van der Waals surface area contributed by atoms with Gasteiger partial charge in [-0.05, 0) is 48.4 Å². The largest absolute Gasteiger partial charge is 0.383 e. The van der Waals surface area contributed by atoms with Crippen LogP contribution in [0.15, 0.2) is 60.7 Å². The number of rotatable bonds is 12. The van der Waals surface area contributed by atoms with E-state index in [4.69, 9.17) is 33.1 Å². The third-order valence-corrected chi connectivity index (χ3v) is 8.50. The number of benzene rings is 3. The number of amides is 3. The van der Waals surface area contributed by atoms with Gasteiger partial charge in [-0.1, -0.05) is 59.6 Å². The Morgan fingerprint density at radius 3 is 2.43 bits per heavy atom. The average Bonchev–Trinajstić information content (AvgIpc) is 3.02. The molecule has 1 heterocycles. The number of Topliss-reactive ketones (excluding diaryl/α,β-unsaturated/α-hetero) is 1. The summed E-state index contributed by atoms with van der Waals surface area (Å²) in [7, 11) is -3.83. The molecule has 1 aliphatic rings. The van der Waals surface area contributed by atoms with Gasteiger partial charge in [-0.15, -0.1) is 0 Å². The molecule has 2 atom stereocenters. The number of anilines is 1. The van der Waals surface area contributed by atoms with Crippen molar-refractivity contribution in [1.82, 2.24) is 10.2 Å². The molecule has 0 spiro atoms. The normalized spacial score (nSPS) is 15.0. The molecule has 0 aromatic heterocycles. The van der Waals surface area contributed by atoms with Gasteiger partial charge in [0.25, 0.3) is 0 Å². The van der Waals surface area contributed by atoms with Gasteiger partial charge in [0.15, 0.2) is 11.6 Å². The van der Waals surface area contributed by atoms with Crippen LogP contribution in [0.2, 0.25) is 10.0 Å². The lowest BCUT2D eigenvalue weighted by Crippen LogP contribution is -2.56. The molecule has 0 bridgehead atoms. The van der Waals surface area contributed by atoms with Crippen molar-refractivity contribution in [3.8, 4) is 5.75 Å². The number of fused-ring (bicyclic) bond motifs is 1. The monoisotopic (exact) mass is 692 g/mol. The Bertz CT molecular complexity index is 1760. The fraction of sp³-hybridized carbons (Fsp3) is 0.290. The van der Waals surface area contributed by atoms with Crippen LogP contribution in [0.3, 0.4) is 0 Å². The zero-order valence-corrected chi connectivity index (χ0v) is 26.9. The lowest BCUT2D eigenvalue weighted by molar-refractivity contribution is -0.142. The molecule has 0 unspecified atom stereocenters. The fourth-order valence-corrected chi connectivity index (χ4v) is 5.73. The fourth-order valence-electron chi connectivity index (χ4n) is 4.96. The smallest absolute Gasteiger partial charge is 0.306 e. The molecule has 3 aromatic rings. The predicted molar refractivity (Wildman–Crippen MR) is 171 cm³/mol. The summed E-state index contributed by atoms with van der Waals surface area (Å²) >= 11 is 11.7. The van der Waals surface area contributed by atoms with E-state index in [0.29, 0.717) is 16.7 Å². The number of carbonyl (C=O) groups excluding carboxylic acids is 4. The van der Waals surface area contributed by atoms with Gasteiger partial charge in [-0.25, -0.2) is 4.39 Å². The molecular formula is C31H31Cl2FN4O7S. The molecule has 0 saturated heterocycles. The zero-order chi connectivity index (χ0) is 33.6. The molecule has 4 N–H and O–H groups in total. The number of halogens is 3. The first-order valence-corrected chi connectivity index (χ1v) is 16.7. The lowest BCUT2D eigenvalue weighted by Gasteiger charge is -2.37. The van der Waals surface area contributed by atoms with Crippen molar-refractivity contribution < 1.29 is 36.2 Å². The van der Waals surface area contributed by atoms with E-state index in [1.165, 1.54) is 29.2 Å². The van der Waals surface area contributed by atoms with Crippen molar-refractivity contribution in [2.75, 3.05) is 18.1 Å². The van der Waals surface area contributed by atoms with Crippen LogP contribution in [0.1, 0.15) is 40.7 Å². The van der Waals surface area contributed by atoms with Crippen LogP contribution in [0, 0.1) is 5.82 Å². The van der Waals surface area contributed by atoms with E-state index in [1.54, 1.807) is 36.4 Å². The third-order valence-electron chi connectivity index (χ3n) is 7.22. The van der Waals surface area contributed by atoms with Gasteiger partial charge in [0.05, 0.1) is 22.0 Å². The van der Waals surface area contributed by atoms with Gasteiger partial charge in [0, 0.05) is 31.4 Å². The summed E-state index contributed by atoms with van der Waals surface area (Å²) in [4.78, 5) is 54.4. The second-order valence-corrected chi connectivity index (χ2v) is 13.0. The van der Waals surface area contributed by atoms with E-state index in [2.05, 4.69) is 10.6 Å². The highest BCUT2D eigenvalue weighted by Crippen LogP contribution is 2.31. The highest BCUT2D eigenvalue weighted by Gasteiger charge is 2.36. The molecular weight excluding hydrogens is 662 g/mol. The Balaban J connectivity index is 1.57. The van der Waals surface area contributed by atoms with Crippen molar-refractivity contribution in [3.05, 3.63) is 93.2 Å². The molecule has 0 saturated carbocycles. The van der Waals surface area contributed by atoms with Crippen LogP contribution in [-0.4, -0.2) is 61.7 Å². The third kappa shape index (κ3) is 8.81. The number of ketones is 1. The Hall–Kier alpha value is -4.04. The number of carbonyl (C=O) groups is 4. The van der Waals surface area contributed by atoms with Crippen molar-refractivity contribution in [2.24, 2.45) is 5.73 Å². The Morgan fingerprint density at radius 1 is 1.04 bits per heavy atom. The Labute approximate surface area is 275 Å². The van der Waals surface area contributed by atoms with Crippen LogP contribution < -0.4 is 20.6 Å². The molecule has 11 nitrogen and oxygen atoms in total. The SMILES string of the molecule is CS(=O)(=O)Oc1ccc2c(c1)CN(C(=O)CCC(=O)c1ccccc1)[C@H](C(=O)N[C@@H](CCN)C(=O)Nc1ccc(Cl)c(Cl)c1F)C2. The van der Waals surface area contributed by atoms with E-state index in [9.17, 15) is 32.0 Å². The summed E-state index contributed by atoms with van der Waals surface area (Å²) in [6.07, 6.45) is 0.559. The maximum absolute atomic E-state index is 14.6. The van der Waals surface area contributed by atoms with Crippen LogP contribution >= 0.6 is 23.2 Å². The van der Waals surface area contributed by atoms with E-state index in [0.717, 1.165) is 6.26 Å². The molecule has 0 fully saturated rings. The molecule has 15 heteroatoms. The Kier molecular flexibility index (Phi) is 11.4. The summed E-state index contributed by atoms with van der Waals surface area (Å²) in [5.41, 5.74) is 7.07. The zero-order valence-electron chi connectivity index (χ0n) is 24.6. The van der Waals surface area contributed by atoms with E-state index in [1.807, 2.05) is 0 Å². The second kappa shape index (κ2) is 15.0. The molecule has 4 rings (SSSR count). The van der Waals surface area contributed by atoms with Crippen molar-refractivity contribution >= 4 is 62.5 Å². The molecule has 46 heavy (non-hydrogen) atoms. The topological polar surface area (TPSA) is 165 Å². The van der Waals surface area contributed by atoms with Crippen LogP contribution in [0.4, 0.5) is 10.1 Å². The molecule has 0 radical (unpaired) electrons. The van der Waals surface area contributed by atoms with Gasteiger partial charge in [-0.3, -0.25) is 19.2 Å². The van der Waals surface area contributed by atoms with Crippen molar-refractivity contribution in [1.29, 1.82) is 0 Å². The summed E-state index contributed by atoms with van der Waals surface area (Å²) in [6.45, 7) is -0.113. The summed E-state index contributed by atoms with van der Waals surface area (Å²) in [6, 6.07) is 13.1. The second-order valence-electron chi connectivity index (χ2n) is 10.6. The first-order valence-electron chi connectivity index (χ1n) is 14.1. The number of nitrogens with zero attached hydrogens (tertiary/aromatic N) is 1. The van der Waals surface area contributed by atoms with Gasteiger partial charge >= 0.3 is 10.1 Å². The number of nitrogens with one attached hydrogen (secondary N) is 2. The van der Waals surface area contributed by atoms with Gasteiger partial charge in [0.2, 0.25) is 17.7 Å². The molecule has 0 aliphatic carbocycles. The maximum Gasteiger partial charge on any atom is 0.306 e. The molecule has 244 valence electrons. The van der Waals surface area contributed by atoms with E-state index < -0.39 is 45.7 Å². The minimum Gasteiger partial charge on any atom is -0.383 e. The summed E-state index contributed by atoms with van der Waals surface area (Å²) in [5, 5.41) is 4.58. The first-order chi connectivity index (χ1) is 21.8. The number of hydrogen-bond donors (Lipinski definition) is 3. The standard InChI is InChI=1S/C31H31Cl2FN4O7S/c1-46(43,44)45-21-8-7-19-16-25(38(17-20(19)15-21)27(40)12-11-26(39)18-5-3-2-4-6-18)31(42)37-24(13-14-35)30(41)36-23-10-9-22(32)28(33)29(23)34/h2-10,15,24-25H,11-14,16-17,35H2,1H3,(H,36,41)(H,37,42)/t24-,25-/m0/s1. The highest BCUT2D eigenvalue weighted by atomic mass is 35.5. The average molecular weight is 694 g/mol. The van der Waals surface area contributed by atoms with E-state index >= 15 is 0 Å². The highest BCUT2D eigenvalue weighted by molar-refractivity contribution is 7.86. The minimum absolute atomic E-state index is 0.0108. The molecule has 1 aliphatic heterocycles. The summed E-state index contributed by atoms with van der Waals surface area (Å²) < 4.78 is 43.0.